The lowest BCUT2D eigenvalue weighted by Crippen LogP contribution is -2.21. The van der Waals surface area contributed by atoms with E-state index in [1.807, 2.05) is 24.3 Å². The summed E-state index contributed by atoms with van der Waals surface area (Å²) < 4.78 is 41.1. The first-order valence-corrected chi connectivity index (χ1v) is 10.9. The number of hydrogen-bond acceptors (Lipinski definition) is 4. The molecule has 0 aliphatic rings. The second kappa shape index (κ2) is 8.78. The third-order valence-electron chi connectivity index (χ3n) is 4.14. The van der Waals surface area contributed by atoms with Gasteiger partial charge in [0.1, 0.15) is 0 Å². The van der Waals surface area contributed by atoms with Crippen molar-refractivity contribution in [3.63, 3.8) is 0 Å². The molecule has 0 radical (unpaired) electrons. The van der Waals surface area contributed by atoms with Gasteiger partial charge in [0.25, 0.3) is 0 Å². The standard InChI is InChI=1S/C21H13ClF3N3OS2/c22-14-11-12(26-19(29)27-15-6-2-1-5-13(15)21(23,24)25)9-10-17(14)30-20-28-16-7-3-4-8-18(16)31-20/h1-11H,(H2,26,27,29). The van der Waals surface area contributed by atoms with Gasteiger partial charge < -0.3 is 10.6 Å². The van der Waals surface area contributed by atoms with E-state index in [9.17, 15) is 18.0 Å². The highest BCUT2D eigenvalue weighted by Gasteiger charge is 2.33. The molecule has 4 rings (SSSR count). The zero-order valence-corrected chi connectivity index (χ0v) is 17.9. The number of halogens is 4. The maximum absolute atomic E-state index is 13.1. The van der Waals surface area contributed by atoms with Gasteiger partial charge >= 0.3 is 12.2 Å². The minimum atomic E-state index is -4.58. The smallest absolute Gasteiger partial charge is 0.308 e. The van der Waals surface area contributed by atoms with E-state index in [0.717, 1.165) is 25.5 Å². The molecule has 2 N–H and O–H groups in total. The lowest BCUT2D eigenvalue weighted by Gasteiger charge is -2.14. The largest absolute Gasteiger partial charge is 0.418 e. The topological polar surface area (TPSA) is 54.0 Å². The van der Waals surface area contributed by atoms with Crippen LogP contribution in [0, 0.1) is 0 Å². The highest BCUT2D eigenvalue weighted by atomic mass is 35.5. The second-order valence-electron chi connectivity index (χ2n) is 6.32. The van der Waals surface area contributed by atoms with Crippen molar-refractivity contribution in [2.45, 2.75) is 15.4 Å². The van der Waals surface area contributed by atoms with Crippen molar-refractivity contribution in [1.29, 1.82) is 0 Å². The summed E-state index contributed by atoms with van der Waals surface area (Å²) in [6.07, 6.45) is -4.58. The Hall–Kier alpha value is -2.75. The minimum absolute atomic E-state index is 0.332. The number of hydrogen-bond donors (Lipinski definition) is 2. The normalized spacial score (nSPS) is 11.5. The number of rotatable bonds is 4. The molecule has 1 aromatic heterocycles. The summed E-state index contributed by atoms with van der Waals surface area (Å²) in [6.45, 7) is 0. The number of alkyl halides is 3. The van der Waals surface area contributed by atoms with E-state index in [4.69, 9.17) is 11.6 Å². The van der Waals surface area contributed by atoms with Crippen LogP contribution in [0.1, 0.15) is 5.56 Å². The summed E-state index contributed by atoms with van der Waals surface area (Å²) in [7, 11) is 0. The number of thiazole rings is 1. The minimum Gasteiger partial charge on any atom is -0.308 e. The van der Waals surface area contributed by atoms with E-state index in [1.54, 1.807) is 23.5 Å². The van der Waals surface area contributed by atoms with E-state index in [-0.39, 0.29) is 5.69 Å². The average Bonchev–Trinajstić information content (AvgIpc) is 3.12. The molecule has 0 atom stereocenters. The molecule has 0 fully saturated rings. The Morgan fingerprint density at radius 3 is 2.48 bits per heavy atom. The molecule has 0 unspecified atom stereocenters. The number of benzene rings is 3. The third-order valence-corrected chi connectivity index (χ3v) is 6.74. The molecular weight excluding hydrogens is 467 g/mol. The van der Waals surface area contributed by atoms with Crippen LogP contribution in [0.5, 0.6) is 0 Å². The number of aromatic nitrogens is 1. The van der Waals surface area contributed by atoms with E-state index in [1.165, 1.54) is 36.0 Å². The van der Waals surface area contributed by atoms with Gasteiger partial charge in [0.05, 0.1) is 26.5 Å². The first-order valence-electron chi connectivity index (χ1n) is 8.87. The van der Waals surface area contributed by atoms with Crippen LogP contribution in [-0.2, 0) is 6.18 Å². The van der Waals surface area contributed by atoms with E-state index in [0.29, 0.717) is 10.7 Å². The van der Waals surface area contributed by atoms with Crippen LogP contribution >= 0.6 is 34.7 Å². The number of fused-ring (bicyclic) bond motifs is 1. The van der Waals surface area contributed by atoms with Crippen LogP contribution in [-0.4, -0.2) is 11.0 Å². The average molecular weight is 480 g/mol. The van der Waals surface area contributed by atoms with Crippen LogP contribution in [0.4, 0.5) is 29.3 Å². The van der Waals surface area contributed by atoms with Crippen LogP contribution in [0.25, 0.3) is 10.2 Å². The van der Waals surface area contributed by atoms with Gasteiger partial charge in [0.15, 0.2) is 4.34 Å². The van der Waals surface area contributed by atoms with E-state index in [2.05, 4.69) is 15.6 Å². The molecule has 0 aliphatic carbocycles. The van der Waals surface area contributed by atoms with E-state index >= 15 is 0 Å². The van der Waals surface area contributed by atoms with Crippen LogP contribution in [0.3, 0.4) is 0 Å². The van der Waals surface area contributed by atoms with Crippen molar-refractivity contribution < 1.29 is 18.0 Å². The number of amides is 2. The molecule has 2 amide bonds. The molecule has 3 aromatic carbocycles. The molecule has 0 spiro atoms. The summed E-state index contributed by atoms with van der Waals surface area (Å²) >= 11 is 9.28. The molecular formula is C21H13ClF3N3OS2. The van der Waals surface area contributed by atoms with Gasteiger partial charge in [-0.25, -0.2) is 9.78 Å². The van der Waals surface area contributed by atoms with E-state index < -0.39 is 17.8 Å². The Labute approximate surface area is 188 Å². The van der Waals surface area contributed by atoms with Crippen molar-refractivity contribution in [2.75, 3.05) is 10.6 Å². The van der Waals surface area contributed by atoms with Crippen LogP contribution < -0.4 is 10.6 Å². The zero-order valence-electron chi connectivity index (χ0n) is 15.5. The Kier molecular flexibility index (Phi) is 6.08. The van der Waals surface area contributed by atoms with Crippen molar-refractivity contribution in [3.05, 3.63) is 77.3 Å². The molecule has 31 heavy (non-hydrogen) atoms. The fourth-order valence-electron chi connectivity index (χ4n) is 2.77. The van der Waals surface area contributed by atoms with Gasteiger partial charge in [-0.3, -0.25) is 0 Å². The summed E-state index contributed by atoms with van der Waals surface area (Å²) in [5, 5.41) is 5.11. The highest BCUT2D eigenvalue weighted by molar-refractivity contribution is 8.01. The number of nitrogens with one attached hydrogen (secondary N) is 2. The summed E-state index contributed by atoms with van der Waals surface area (Å²) in [5.74, 6) is 0. The Morgan fingerprint density at radius 2 is 1.74 bits per heavy atom. The van der Waals surface area contributed by atoms with Crippen molar-refractivity contribution >= 4 is 62.3 Å². The summed E-state index contributed by atoms with van der Waals surface area (Å²) in [5.41, 5.74) is -0.00627. The summed E-state index contributed by atoms with van der Waals surface area (Å²) in [4.78, 5) is 17.5. The first kappa shape index (κ1) is 21.5. The lowest BCUT2D eigenvalue weighted by molar-refractivity contribution is -0.136. The Bertz CT molecular complexity index is 1230. The number of carbonyl (C=O) groups is 1. The molecule has 10 heteroatoms. The molecule has 0 saturated heterocycles. The molecule has 0 bridgehead atoms. The first-order chi connectivity index (χ1) is 14.8. The van der Waals surface area contributed by atoms with Gasteiger partial charge in [0, 0.05) is 10.6 Å². The summed E-state index contributed by atoms with van der Waals surface area (Å²) in [6, 6.07) is 16.6. The van der Waals surface area contributed by atoms with Gasteiger partial charge in [0.2, 0.25) is 0 Å². The van der Waals surface area contributed by atoms with Crippen molar-refractivity contribution in [3.8, 4) is 0 Å². The monoisotopic (exact) mass is 479 g/mol. The quantitative estimate of drug-likeness (QED) is 0.314. The van der Waals surface area contributed by atoms with Crippen LogP contribution in [0.15, 0.2) is 76.0 Å². The number of carbonyl (C=O) groups excluding carboxylic acids is 1. The third kappa shape index (κ3) is 5.12. The SMILES string of the molecule is O=C(Nc1ccc(Sc2nc3ccccc3s2)c(Cl)c1)Nc1ccccc1C(F)(F)F. The zero-order chi connectivity index (χ0) is 22.0. The second-order valence-corrected chi connectivity index (χ2v) is 9.04. The van der Waals surface area contributed by atoms with Gasteiger partial charge in [-0.15, -0.1) is 11.3 Å². The van der Waals surface area contributed by atoms with Gasteiger partial charge in [-0.05, 0) is 42.5 Å². The Morgan fingerprint density at radius 1 is 1.00 bits per heavy atom. The number of urea groups is 1. The maximum Gasteiger partial charge on any atom is 0.418 e. The fraction of sp³-hybridized carbons (Fsp3) is 0.0476. The van der Waals surface area contributed by atoms with Gasteiger partial charge in [-0.2, -0.15) is 13.2 Å². The molecule has 1 heterocycles. The predicted molar refractivity (Wildman–Crippen MR) is 119 cm³/mol. The fourth-order valence-corrected chi connectivity index (χ4v) is 5.10. The molecule has 4 nitrogen and oxygen atoms in total. The number of para-hydroxylation sites is 2. The number of anilines is 2. The number of nitrogens with zero attached hydrogens (tertiary/aromatic N) is 1. The predicted octanol–water partition coefficient (Wildman–Crippen LogP) is 7.76. The highest BCUT2D eigenvalue weighted by Crippen LogP contribution is 2.39. The molecule has 4 aromatic rings. The van der Waals surface area contributed by atoms with Crippen LogP contribution in [0.2, 0.25) is 5.02 Å². The van der Waals surface area contributed by atoms with Gasteiger partial charge in [-0.1, -0.05) is 47.6 Å². The lowest BCUT2D eigenvalue weighted by atomic mass is 10.1. The van der Waals surface area contributed by atoms with Crippen molar-refractivity contribution in [1.82, 2.24) is 4.98 Å². The van der Waals surface area contributed by atoms with Crippen molar-refractivity contribution in [2.24, 2.45) is 0 Å². The molecule has 0 saturated carbocycles. The molecule has 0 aliphatic heterocycles. The molecule has 158 valence electrons. The maximum atomic E-state index is 13.1. The Balaban J connectivity index is 1.45.